The fraction of sp³-hybridized carbons (Fsp3) is 0.375. The van der Waals surface area contributed by atoms with Crippen molar-refractivity contribution < 1.29 is 18.7 Å². The number of halogens is 1. The van der Waals surface area contributed by atoms with Crippen molar-refractivity contribution in [3.05, 3.63) is 52.8 Å². The van der Waals surface area contributed by atoms with Crippen molar-refractivity contribution in [2.24, 2.45) is 5.92 Å². The van der Waals surface area contributed by atoms with E-state index < -0.39 is 5.82 Å². The molecule has 2 aromatic heterocycles. The van der Waals surface area contributed by atoms with E-state index in [9.17, 15) is 14.0 Å². The third kappa shape index (κ3) is 4.46. The number of carbonyl (C=O) groups excluding carboxylic acids is 2. The van der Waals surface area contributed by atoms with Crippen molar-refractivity contribution in [2.75, 3.05) is 13.1 Å². The molecule has 0 bridgehead atoms. The molecule has 0 spiro atoms. The van der Waals surface area contributed by atoms with Crippen LogP contribution in [-0.2, 0) is 11.2 Å². The van der Waals surface area contributed by atoms with Gasteiger partial charge in [0.05, 0.1) is 15.1 Å². The Kier molecular flexibility index (Phi) is 5.44. The van der Waals surface area contributed by atoms with Crippen molar-refractivity contribution in [3.8, 4) is 11.5 Å². The third-order valence-electron chi connectivity index (χ3n) is 5.81. The lowest BCUT2D eigenvalue weighted by atomic mass is 10.0. The lowest BCUT2D eigenvalue weighted by Crippen LogP contribution is -2.26. The summed E-state index contributed by atoms with van der Waals surface area (Å²) >= 11 is 1.32. The Labute approximate surface area is 183 Å². The number of benzene rings is 1. The van der Waals surface area contributed by atoms with Gasteiger partial charge in [-0.15, -0.1) is 11.3 Å². The van der Waals surface area contributed by atoms with Crippen molar-refractivity contribution in [1.82, 2.24) is 9.88 Å². The Bertz CT molecular complexity index is 1150. The molecule has 5 rings (SSSR count). The number of hydrogen-bond donors (Lipinski definition) is 0. The molecule has 2 fully saturated rings. The van der Waals surface area contributed by atoms with Crippen LogP contribution in [0.25, 0.3) is 10.2 Å². The highest BCUT2D eigenvalue weighted by molar-refractivity contribution is 7.21. The first-order valence-electron chi connectivity index (χ1n) is 10.7. The average Bonchev–Trinajstić information content (AvgIpc) is 3.23. The van der Waals surface area contributed by atoms with E-state index in [2.05, 4.69) is 4.98 Å². The van der Waals surface area contributed by atoms with E-state index in [1.807, 2.05) is 4.90 Å². The van der Waals surface area contributed by atoms with Crippen molar-refractivity contribution >= 4 is 33.2 Å². The fourth-order valence-electron chi connectivity index (χ4n) is 3.98. The Morgan fingerprint density at radius 2 is 1.94 bits per heavy atom. The summed E-state index contributed by atoms with van der Waals surface area (Å²) in [6.45, 7) is 1.56. The van der Waals surface area contributed by atoms with Gasteiger partial charge in [0.25, 0.3) is 5.91 Å². The first-order chi connectivity index (χ1) is 15.1. The number of thiophene rings is 1. The summed E-state index contributed by atoms with van der Waals surface area (Å²) in [5.74, 6) is 0.741. The molecule has 0 radical (unpaired) electrons. The van der Waals surface area contributed by atoms with Gasteiger partial charge in [0, 0.05) is 38.2 Å². The fourth-order valence-corrected chi connectivity index (χ4v) is 5.01. The molecule has 1 amide bonds. The highest BCUT2D eigenvalue weighted by atomic mass is 32.1. The quantitative estimate of drug-likeness (QED) is 0.497. The molecule has 160 valence electrons. The number of aromatic nitrogens is 1. The molecule has 0 unspecified atom stereocenters. The number of nitrogens with zero attached hydrogens (tertiary/aromatic N) is 2. The normalized spacial score (nSPS) is 16.1. The number of pyridine rings is 1. The van der Waals surface area contributed by atoms with Gasteiger partial charge in [-0.2, -0.15) is 0 Å². The number of amides is 1. The molecule has 0 atom stereocenters. The summed E-state index contributed by atoms with van der Waals surface area (Å²) in [5, 5.41) is 0. The molecule has 7 heteroatoms. The SMILES string of the molecule is O=C(Cc1ccc(Oc2ccnc3cc(C(=O)N4CCCC4)sc23)c(F)c1)CC1CC1. The first-order valence-corrected chi connectivity index (χ1v) is 11.5. The molecule has 5 nitrogen and oxygen atoms in total. The van der Waals surface area contributed by atoms with E-state index >= 15 is 0 Å². The summed E-state index contributed by atoms with van der Waals surface area (Å²) in [7, 11) is 0. The van der Waals surface area contributed by atoms with E-state index in [4.69, 9.17) is 4.74 Å². The summed E-state index contributed by atoms with van der Waals surface area (Å²) < 4.78 is 21.3. The van der Waals surface area contributed by atoms with Gasteiger partial charge in [0.1, 0.15) is 11.5 Å². The van der Waals surface area contributed by atoms with Gasteiger partial charge < -0.3 is 9.64 Å². The van der Waals surface area contributed by atoms with Crippen LogP contribution in [0.5, 0.6) is 11.5 Å². The second-order valence-electron chi connectivity index (χ2n) is 8.36. The number of fused-ring (bicyclic) bond motifs is 1. The van der Waals surface area contributed by atoms with Gasteiger partial charge in [-0.25, -0.2) is 4.39 Å². The average molecular weight is 439 g/mol. The topological polar surface area (TPSA) is 59.5 Å². The van der Waals surface area contributed by atoms with E-state index in [0.29, 0.717) is 38.7 Å². The number of ketones is 1. The van der Waals surface area contributed by atoms with Crippen molar-refractivity contribution in [2.45, 2.75) is 38.5 Å². The van der Waals surface area contributed by atoms with Gasteiger partial charge >= 0.3 is 0 Å². The van der Waals surface area contributed by atoms with Crippen LogP contribution < -0.4 is 4.74 Å². The number of Topliss-reactive ketones (excluding diaryl/α,β-unsaturated/α-hetero) is 1. The molecular weight excluding hydrogens is 415 g/mol. The third-order valence-corrected chi connectivity index (χ3v) is 6.94. The molecule has 1 saturated heterocycles. The monoisotopic (exact) mass is 438 g/mol. The minimum absolute atomic E-state index is 0.0119. The number of likely N-dealkylation sites (tertiary alicyclic amines) is 1. The second kappa shape index (κ2) is 8.38. The van der Waals surface area contributed by atoms with Crippen molar-refractivity contribution in [1.29, 1.82) is 0 Å². The predicted molar refractivity (Wildman–Crippen MR) is 117 cm³/mol. The Morgan fingerprint density at radius 3 is 2.68 bits per heavy atom. The summed E-state index contributed by atoms with van der Waals surface area (Å²) in [4.78, 5) is 31.6. The number of ether oxygens (including phenoxy) is 1. The minimum atomic E-state index is -0.508. The number of rotatable bonds is 7. The predicted octanol–water partition coefficient (Wildman–Crippen LogP) is 5.38. The maximum atomic E-state index is 14.7. The van der Waals surface area contributed by atoms with Crippen LogP contribution in [0.3, 0.4) is 0 Å². The zero-order valence-corrected chi connectivity index (χ0v) is 17.9. The van der Waals surface area contributed by atoms with Gasteiger partial charge in [0.15, 0.2) is 11.6 Å². The smallest absolute Gasteiger partial charge is 0.264 e. The molecule has 1 aliphatic heterocycles. The van der Waals surface area contributed by atoms with Crippen LogP contribution in [-0.4, -0.2) is 34.7 Å². The van der Waals surface area contributed by atoms with Gasteiger partial charge in [-0.3, -0.25) is 14.6 Å². The van der Waals surface area contributed by atoms with Crippen LogP contribution >= 0.6 is 11.3 Å². The zero-order chi connectivity index (χ0) is 21.4. The number of carbonyl (C=O) groups is 2. The summed E-state index contributed by atoms with van der Waals surface area (Å²) in [6.07, 6.45) is 6.75. The van der Waals surface area contributed by atoms with E-state index in [1.54, 1.807) is 30.5 Å². The lowest BCUT2D eigenvalue weighted by Gasteiger charge is -2.13. The van der Waals surface area contributed by atoms with Gasteiger partial charge in [-0.05, 0) is 55.4 Å². The Hall–Kier alpha value is -2.80. The molecular formula is C24H23FN2O3S. The minimum Gasteiger partial charge on any atom is -0.453 e. The standard InChI is InChI=1S/C24H23FN2O3S/c25-18-13-16(12-17(28)11-15-3-4-15)5-6-20(18)30-21-7-8-26-19-14-22(31-23(19)21)24(29)27-9-1-2-10-27/h5-8,13-15H,1-4,9-12H2. The van der Waals surface area contributed by atoms with Crippen LogP contribution in [0.4, 0.5) is 4.39 Å². The Morgan fingerprint density at radius 1 is 1.13 bits per heavy atom. The van der Waals surface area contributed by atoms with Crippen molar-refractivity contribution in [3.63, 3.8) is 0 Å². The highest BCUT2D eigenvalue weighted by Gasteiger charge is 2.25. The Balaban J connectivity index is 1.34. The molecule has 31 heavy (non-hydrogen) atoms. The molecule has 1 aliphatic carbocycles. The molecule has 0 N–H and O–H groups in total. The van der Waals surface area contributed by atoms with Gasteiger partial charge in [-0.1, -0.05) is 6.07 Å². The van der Waals surface area contributed by atoms with E-state index in [-0.39, 0.29) is 23.9 Å². The summed E-state index contributed by atoms with van der Waals surface area (Å²) in [6, 6.07) is 8.12. The van der Waals surface area contributed by atoms with Gasteiger partial charge in [0.2, 0.25) is 0 Å². The largest absolute Gasteiger partial charge is 0.453 e. The van der Waals surface area contributed by atoms with Crippen LogP contribution in [0.2, 0.25) is 0 Å². The molecule has 2 aliphatic rings. The summed E-state index contributed by atoms with van der Waals surface area (Å²) in [5.41, 5.74) is 1.32. The van der Waals surface area contributed by atoms with E-state index in [1.165, 1.54) is 17.4 Å². The molecule has 3 aromatic rings. The maximum absolute atomic E-state index is 14.7. The molecule has 1 saturated carbocycles. The molecule has 1 aromatic carbocycles. The lowest BCUT2D eigenvalue weighted by molar-refractivity contribution is -0.118. The van der Waals surface area contributed by atoms with E-state index in [0.717, 1.165) is 38.8 Å². The highest BCUT2D eigenvalue weighted by Crippen LogP contribution is 2.37. The maximum Gasteiger partial charge on any atom is 0.264 e. The van der Waals surface area contributed by atoms with Crippen LogP contribution in [0.1, 0.15) is 47.3 Å². The first kappa shape index (κ1) is 20.1. The second-order valence-corrected chi connectivity index (χ2v) is 9.42. The molecule has 3 heterocycles. The number of hydrogen-bond acceptors (Lipinski definition) is 5. The zero-order valence-electron chi connectivity index (χ0n) is 17.1. The van der Waals surface area contributed by atoms with Crippen LogP contribution in [0.15, 0.2) is 36.5 Å². The van der Waals surface area contributed by atoms with Crippen LogP contribution in [0, 0.1) is 11.7 Å².